The summed E-state index contributed by atoms with van der Waals surface area (Å²) in [4.78, 5) is 26.1. The van der Waals surface area contributed by atoms with E-state index in [1.807, 2.05) is 38.1 Å². The molecule has 2 aromatic rings. The lowest BCUT2D eigenvalue weighted by molar-refractivity contribution is -0.119. The molecule has 1 aromatic carbocycles. The van der Waals surface area contributed by atoms with Gasteiger partial charge in [-0.05, 0) is 74.4 Å². The van der Waals surface area contributed by atoms with E-state index < -0.39 is 5.97 Å². The van der Waals surface area contributed by atoms with Gasteiger partial charge in [-0.1, -0.05) is 12.5 Å². The minimum Gasteiger partial charge on any atom is -0.451 e. The van der Waals surface area contributed by atoms with E-state index in [1.165, 1.54) is 41.0 Å². The molecule has 0 atom stereocenters. The van der Waals surface area contributed by atoms with E-state index >= 15 is 0 Å². The summed E-state index contributed by atoms with van der Waals surface area (Å²) in [6.07, 6.45) is 5.68. The van der Waals surface area contributed by atoms with E-state index in [9.17, 15) is 9.59 Å². The maximum atomic E-state index is 12.2. The smallest absolute Gasteiger partial charge is 0.348 e. The van der Waals surface area contributed by atoms with Crippen LogP contribution in [0, 0.1) is 13.8 Å². The maximum Gasteiger partial charge on any atom is 0.348 e. The molecule has 1 heterocycles. The SMILES string of the molecule is Cc1cc(C)cc(NC(=O)COC(=O)c2cc3c(s2)CCCCC3)c1. The highest BCUT2D eigenvalue weighted by atomic mass is 32.1. The third-order valence-corrected chi connectivity index (χ3v) is 5.50. The summed E-state index contributed by atoms with van der Waals surface area (Å²) < 4.78 is 5.19. The molecule has 0 fully saturated rings. The summed E-state index contributed by atoms with van der Waals surface area (Å²) in [5.41, 5.74) is 4.15. The van der Waals surface area contributed by atoms with Crippen LogP contribution >= 0.6 is 11.3 Å². The van der Waals surface area contributed by atoms with E-state index in [2.05, 4.69) is 5.32 Å². The van der Waals surface area contributed by atoms with Crippen molar-refractivity contribution < 1.29 is 14.3 Å². The zero-order chi connectivity index (χ0) is 17.8. The second-order valence-electron chi connectivity index (χ2n) is 6.62. The number of hydrogen-bond acceptors (Lipinski definition) is 4. The zero-order valence-corrected chi connectivity index (χ0v) is 15.5. The molecule has 132 valence electrons. The molecule has 0 saturated heterocycles. The van der Waals surface area contributed by atoms with E-state index in [-0.39, 0.29) is 12.5 Å². The van der Waals surface area contributed by atoms with Crippen molar-refractivity contribution in [3.63, 3.8) is 0 Å². The van der Waals surface area contributed by atoms with Crippen LogP contribution in [0.25, 0.3) is 0 Å². The Labute approximate surface area is 152 Å². The first kappa shape index (κ1) is 17.7. The van der Waals surface area contributed by atoms with Crippen LogP contribution in [0.2, 0.25) is 0 Å². The van der Waals surface area contributed by atoms with Gasteiger partial charge in [-0.15, -0.1) is 11.3 Å². The number of carbonyl (C=O) groups excluding carboxylic acids is 2. The van der Waals surface area contributed by atoms with Crippen molar-refractivity contribution in [3.05, 3.63) is 50.7 Å². The van der Waals surface area contributed by atoms with Gasteiger partial charge in [0.25, 0.3) is 5.91 Å². The number of carbonyl (C=O) groups is 2. The first-order valence-corrected chi connectivity index (χ1v) is 9.50. The number of nitrogens with one attached hydrogen (secondary N) is 1. The van der Waals surface area contributed by atoms with E-state index in [0.717, 1.165) is 29.7 Å². The molecule has 25 heavy (non-hydrogen) atoms. The highest BCUT2D eigenvalue weighted by Gasteiger charge is 2.18. The van der Waals surface area contributed by atoms with E-state index in [4.69, 9.17) is 4.74 Å². The molecule has 0 aliphatic heterocycles. The van der Waals surface area contributed by atoms with Crippen molar-refractivity contribution in [1.82, 2.24) is 0 Å². The molecule has 0 saturated carbocycles. The second kappa shape index (κ2) is 7.83. The maximum absolute atomic E-state index is 12.2. The Balaban J connectivity index is 1.56. The highest BCUT2D eigenvalue weighted by molar-refractivity contribution is 7.14. The number of benzene rings is 1. The molecule has 1 aliphatic carbocycles. The van der Waals surface area contributed by atoms with Gasteiger partial charge in [0.15, 0.2) is 6.61 Å². The van der Waals surface area contributed by atoms with Gasteiger partial charge in [-0.2, -0.15) is 0 Å². The zero-order valence-electron chi connectivity index (χ0n) is 14.7. The van der Waals surface area contributed by atoms with Crippen LogP contribution in [0.15, 0.2) is 24.3 Å². The molecular formula is C20H23NO3S. The summed E-state index contributed by atoms with van der Waals surface area (Å²) in [6, 6.07) is 7.76. The van der Waals surface area contributed by atoms with E-state index in [1.54, 1.807) is 0 Å². The van der Waals surface area contributed by atoms with Crippen LogP contribution in [0.3, 0.4) is 0 Å². The van der Waals surface area contributed by atoms with Crippen molar-refractivity contribution in [2.45, 2.75) is 46.0 Å². The predicted octanol–water partition coefficient (Wildman–Crippen LogP) is 4.43. The molecule has 0 spiro atoms. The number of ether oxygens (including phenoxy) is 1. The number of fused-ring (bicyclic) bond motifs is 1. The van der Waals surface area contributed by atoms with Crippen LogP contribution < -0.4 is 5.32 Å². The van der Waals surface area contributed by atoms with Crippen molar-refractivity contribution in [1.29, 1.82) is 0 Å². The average Bonchev–Trinajstić information content (AvgIpc) is 2.82. The fourth-order valence-electron chi connectivity index (χ4n) is 3.21. The number of esters is 1. The molecule has 0 bridgehead atoms. The van der Waals surface area contributed by atoms with Crippen LogP contribution in [0.1, 0.15) is 50.5 Å². The Kier molecular flexibility index (Phi) is 5.53. The molecule has 4 nitrogen and oxygen atoms in total. The third-order valence-electron chi connectivity index (χ3n) is 4.29. The molecule has 1 aliphatic rings. The summed E-state index contributed by atoms with van der Waals surface area (Å²) in [5.74, 6) is -0.731. The topological polar surface area (TPSA) is 55.4 Å². The van der Waals surface area contributed by atoms with Crippen LogP contribution in [0.5, 0.6) is 0 Å². The molecule has 0 unspecified atom stereocenters. The van der Waals surface area contributed by atoms with Gasteiger partial charge in [-0.3, -0.25) is 4.79 Å². The minimum absolute atomic E-state index is 0.269. The Bertz CT molecular complexity index is 750. The van der Waals surface area contributed by atoms with Crippen molar-refractivity contribution in [2.24, 2.45) is 0 Å². The fourth-order valence-corrected chi connectivity index (χ4v) is 4.36. The molecule has 5 heteroatoms. The number of amides is 1. The van der Waals surface area contributed by atoms with Gasteiger partial charge in [0.1, 0.15) is 4.88 Å². The van der Waals surface area contributed by atoms with Crippen molar-refractivity contribution >= 4 is 28.9 Å². The lowest BCUT2D eigenvalue weighted by atomic mass is 10.1. The molecular weight excluding hydrogens is 334 g/mol. The third kappa shape index (κ3) is 4.69. The summed E-state index contributed by atoms with van der Waals surface area (Å²) in [5, 5.41) is 2.77. The normalized spacial score (nSPS) is 13.7. The van der Waals surface area contributed by atoms with E-state index in [0.29, 0.717) is 4.88 Å². The van der Waals surface area contributed by atoms with Gasteiger partial charge in [0, 0.05) is 10.6 Å². The number of rotatable bonds is 4. The standard InChI is InChI=1S/C20H23NO3S/c1-13-8-14(2)10-16(9-13)21-19(22)12-24-20(23)18-11-15-6-4-3-5-7-17(15)25-18/h8-11H,3-7,12H2,1-2H3,(H,21,22). The second-order valence-corrected chi connectivity index (χ2v) is 7.76. The minimum atomic E-state index is -0.409. The largest absolute Gasteiger partial charge is 0.451 e. The highest BCUT2D eigenvalue weighted by Crippen LogP contribution is 2.29. The Morgan fingerprint density at radius 2 is 1.76 bits per heavy atom. The predicted molar refractivity (Wildman–Crippen MR) is 100 cm³/mol. The monoisotopic (exact) mass is 357 g/mol. The Morgan fingerprint density at radius 1 is 1.04 bits per heavy atom. The Morgan fingerprint density at radius 3 is 2.52 bits per heavy atom. The number of hydrogen-bond donors (Lipinski definition) is 1. The van der Waals surface area contributed by atoms with Crippen molar-refractivity contribution in [3.8, 4) is 0 Å². The quantitative estimate of drug-likeness (QED) is 0.650. The molecule has 3 rings (SSSR count). The number of thiophene rings is 1. The molecule has 0 radical (unpaired) electrons. The molecule has 1 N–H and O–H groups in total. The average molecular weight is 357 g/mol. The van der Waals surface area contributed by atoms with Gasteiger partial charge >= 0.3 is 5.97 Å². The van der Waals surface area contributed by atoms with Crippen LogP contribution in [-0.4, -0.2) is 18.5 Å². The van der Waals surface area contributed by atoms with Crippen LogP contribution in [0.4, 0.5) is 5.69 Å². The van der Waals surface area contributed by atoms with Crippen molar-refractivity contribution in [2.75, 3.05) is 11.9 Å². The summed E-state index contributed by atoms with van der Waals surface area (Å²) in [6.45, 7) is 3.68. The lowest BCUT2D eigenvalue weighted by Crippen LogP contribution is -2.20. The first-order chi connectivity index (χ1) is 12.0. The van der Waals surface area contributed by atoms with Crippen LogP contribution in [-0.2, 0) is 22.4 Å². The summed E-state index contributed by atoms with van der Waals surface area (Å²) in [7, 11) is 0. The first-order valence-electron chi connectivity index (χ1n) is 8.68. The fraction of sp³-hybridized carbons (Fsp3) is 0.400. The number of aryl methyl sites for hydroxylation is 4. The Hall–Kier alpha value is -2.14. The van der Waals surface area contributed by atoms with Gasteiger partial charge < -0.3 is 10.1 Å². The number of anilines is 1. The summed E-state index contributed by atoms with van der Waals surface area (Å²) >= 11 is 1.51. The molecule has 1 aromatic heterocycles. The lowest BCUT2D eigenvalue weighted by Gasteiger charge is -2.08. The van der Waals surface area contributed by atoms with Gasteiger partial charge in [-0.25, -0.2) is 4.79 Å². The van der Waals surface area contributed by atoms with Gasteiger partial charge in [0.2, 0.25) is 0 Å². The molecule has 1 amide bonds. The van der Waals surface area contributed by atoms with Gasteiger partial charge in [0.05, 0.1) is 0 Å².